The molecule has 0 spiro atoms. The van der Waals surface area contributed by atoms with Crippen molar-refractivity contribution in [2.75, 3.05) is 0 Å². The van der Waals surface area contributed by atoms with Crippen molar-refractivity contribution in [3.05, 3.63) is 89.5 Å². The van der Waals surface area contributed by atoms with E-state index in [4.69, 9.17) is 5.73 Å². The van der Waals surface area contributed by atoms with Gasteiger partial charge < -0.3 is 5.73 Å². The highest BCUT2D eigenvalue weighted by atomic mass is 31.1. The van der Waals surface area contributed by atoms with E-state index >= 15 is 0 Å². The standard InChI is InChI=1S/C21H20NOP/c1-15-16(2)20(14-13-19(15)21(22)23)24(17-9-5-3-6-10-17)18-11-7-4-8-12-18/h3-14H,1-2H3,(H2,22,23). The van der Waals surface area contributed by atoms with Crippen LogP contribution in [0.25, 0.3) is 0 Å². The van der Waals surface area contributed by atoms with Crippen molar-refractivity contribution in [3.63, 3.8) is 0 Å². The molecule has 3 heteroatoms. The smallest absolute Gasteiger partial charge is 0.248 e. The number of carbonyl (C=O) groups is 1. The first kappa shape index (κ1) is 16.4. The van der Waals surface area contributed by atoms with E-state index < -0.39 is 7.92 Å². The second-order valence-electron chi connectivity index (χ2n) is 5.75. The zero-order valence-corrected chi connectivity index (χ0v) is 14.8. The maximum Gasteiger partial charge on any atom is 0.248 e. The van der Waals surface area contributed by atoms with Crippen LogP contribution in [0.4, 0.5) is 0 Å². The maximum absolute atomic E-state index is 11.6. The summed E-state index contributed by atoms with van der Waals surface area (Å²) in [7, 11) is -0.667. The number of benzene rings is 3. The molecule has 0 saturated heterocycles. The molecule has 3 aromatic rings. The summed E-state index contributed by atoms with van der Waals surface area (Å²) in [5.41, 5.74) is 8.22. The van der Waals surface area contributed by atoms with Crippen molar-refractivity contribution >= 4 is 29.7 Å². The molecule has 2 nitrogen and oxygen atoms in total. The number of rotatable bonds is 4. The van der Waals surface area contributed by atoms with Crippen LogP contribution in [0.3, 0.4) is 0 Å². The van der Waals surface area contributed by atoms with E-state index in [2.05, 4.69) is 61.5 Å². The lowest BCUT2D eigenvalue weighted by Gasteiger charge is -2.23. The summed E-state index contributed by atoms with van der Waals surface area (Å²) < 4.78 is 0. The SMILES string of the molecule is Cc1c(C(N)=O)ccc(P(c2ccccc2)c2ccccc2)c1C. The number of primary amides is 1. The Morgan fingerprint density at radius 3 is 1.71 bits per heavy atom. The predicted octanol–water partition coefficient (Wildman–Crippen LogP) is 3.16. The summed E-state index contributed by atoms with van der Waals surface area (Å²) in [4.78, 5) is 11.6. The van der Waals surface area contributed by atoms with Gasteiger partial charge in [0.05, 0.1) is 0 Å². The highest BCUT2D eigenvalue weighted by Crippen LogP contribution is 2.35. The lowest BCUT2D eigenvalue weighted by molar-refractivity contribution is 0.0999. The zero-order valence-electron chi connectivity index (χ0n) is 13.9. The lowest BCUT2D eigenvalue weighted by Crippen LogP contribution is -2.24. The summed E-state index contributed by atoms with van der Waals surface area (Å²) in [6.45, 7) is 4.06. The van der Waals surface area contributed by atoms with Gasteiger partial charge in [0.25, 0.3) is 0 Å². The van der Waals surface area contributed by atoms with Gasteiger partial charge in [0.2, 0.25) is 5.91 Å². The monoisotopic (exact) mass is 333 g/mol. The minimum atomic E-state index is -0.667. The molecule has 0 aromatic heterocycles. The molecule has 0 aliphatic rings. The maximum atomic E-state index is 11.6. The van der Waals surface area contributed by atoms with Crippen molar-refractivity contribution in [1.82, 2.24) is 0 Å². The van der Waals surface area contributed by atoms with Crippen molar-refractivity contribution in [1.29, 1.82) is 0 Å². The minimum absolute atomic E-state index is 0.370. The Kier molecular flexibility index (Phi) is 4.78. The Hall–Kier alpha value is -2.44. The van der Waals surface area contributed by atoms with Crippen LogP contribution < -0.4 is 21.6 Å². The second-order valence-corrected chi connectivity index (χ2v) is 7.94. The highest BCUT2D eigenvalue weighted by Gasteiger charge is 2.20. The van der Waals surface area contributed by atoms with E-state index in [1.807, 2.05) is 25.1 Å². The summed E-state index contributed by atoms with van der Waals surface area (Å²) in [6, 6.07) is 25.0. The first-order valence-corrected chi connectivity index (χ1v) is 9.24. The average Bonchev–Trinajstić information content (AvgIpc) is 2.60. The van der Waals surface area contributed by atoms with Gasteiger partial charge >= 0.3 is 0 Å². The molecule has 0 atom stereocenters. The topological polar surface area (TPSA) is 43.1 Å². The average molecular weight is 333 g/mol. The molecule has 1 amide bonds. The van der Waals surface area contributed by atoms with Gasteiger partial charge in [-0.05, 0) is 54.9 Å². The molecule has 0 aliphatic carbocycles. The molecular weight excluding hydrogens is 313 g/mol. The molecule has 0 fully saturated rings. The van der Waals surface area contributed by atoms with E-state index in [-0.39, 0.29) is 5.91 Å². The van der Waals surface area contributed by atoms with E-state index in [0.717, 1.165) is 11.1 Å². The molecule has 3 rings (SSSR count). The van der Waals surface area contributed by atoms with E-state index in [1.165, 1.54) is 15.9 Å². The Morgan fingerprint density at radius 1 is 0.750 bits per heavy atom. The molecule has 3 aromatic carbocycles. The summed E-state index contributed by atoms with van der Waals surface area (Å²) in [5.74, 6) is -0.370. The van der Waals surface area contributed by atoms with E-state index in [9.17, 15) is 4.79 Å². The van der Waals surface area contributed by atoms with Gasteiger partial charge in [-0.1, -0.05) is 66.7 Å². The Morgan fingerprint density at radius 2 is 1.25 bits per heavy atom. The van der Waals surface area contributed by atoms with Crippen LogP contribution in [0.1, 0.15) is 21.5 Å². The molecule has 120 valence electrons. The molecule has 0 unspecified atom stereocenters. The van der Waals surface area contributed by atoms with Crippen molar-refractivity contribution in [3.8, 4) is 0 Å². The number of nitrogens with two attached hydrogens (primary N) is 1. The fourth-order valence-electron chi connectivity index (χ4n) is 2.90. The van der Waals surface area contributed by atoms with Crippen LogP contribution in [-0.4, -0.2) is 5.91 Å². The van der Waals surface area contributed by atoms with Gasteiger partial charge in [-0.3, -0.25) is 4.79 Å². The third kappa shape index (κ3) is 3.11. The molecule has 0 heterocycles. The third-order valence-corrected chi connectivity index (χ3v) is 6.89. The fraction of sp³-hybridized carbons (Fsp3) is 0.0952. The number of hydrogen-bond acceptors (Lipinski definition) is 1. The number of amides is 1. The van der Waals surface area contributed by atoms with Crippen LogP contribution in [0.5, 0.6) is 0 Å². The van der Waals surface area contributed by atoms with Gasteiger partial charge in [-0.2, -0.15) is 0 Å². The van der Waals surface area contributed by atoms with Crippen LogP contribution >= 0.6 is 7.92 Å². The Bertz CT molecular complexity index is 820. The van der Waals surface area contributed by atoms with Gasteiger partial charge in [-0.15, -0.1) is 0 Å². The van der Waals surface area contributed by atoms with Crippen molar-refractivity contribution in [2.24, 2.45) is 5.73 Å². The van der Waals surface area contributed by atoms with Crippen molar-refractivity contribution in [2.45, 2.75) is 13.8 Å². The van der Waals surface area contributed by atoms with Crippen LogP contribution in [-0.2, 0) is 0 Å². The quantitative estimate of drug-likeness (QED) is 0.732. The number of hydrogen-bond donors (Lipinski definition) is 1. The van der Waals surface area contributed by atoms with Gasteiger partial charge in [0.1, 0.15) is 0 Å². The lowest BCUT2D eigenvalue weighted by atomic mass is 10.0. The van der Waals surface area contributed by atoms with Gasteiger partial charge in [0.15, 0.2) is 0 Å². The predicted molar refractivity (Wildman–Crippen MR) is 103 cm³/mol. The first-order valence-electron chi connectivity index (χ1n) is 7.90. The Labute approximate surface area is 144 Å². The van der Waals surface area contributed by atoms with Crippen LogP contribution in [0.2, 0.25) is 0 Å². The Balaban J connectivity index is 2.21. The zero-order chi connectivity index (χ0) is 17.1. The van der Waals surface area contributed by atoms with Crippen LogP contribution in [0.15, 0.2) is 72.8 Å². The van der Waals surface area contributed by atoms with Crippen LogP contribution in [0, 0.1) is 13.8 Å². The minimum Gasteiger partial charge on any atom is -0.366 e. The molecule has 24 heavy (non-hydrogen) atoms. The van der Waals surface area contributed by atoms with Gasteiger partial charge in [-0.25, -0.2) is 0 Å². The summed E-state index contributed by atoms with van der Waals surface area (Å²) >= 11 is 0. The molecule has 0 aliphatic heterocycles. The number of carbonyl (C=O) groups excluding carboxylic acids is 1. The third-order valence-electron chi connectivity index (χ3n) is 4.29. The normalized spacial score (nSPS) is 10.8. The molecule has 0 radical (unpaired) electrons. The highest BCUT2D eigenvalue weighted by molar-refractivity contribution is 7.79. The largest absolute Gasteiger partial charge is 0.366 e. The molecule has 0 bridgehead atoms. The summed E-state index contributed by atoms with van der Waals surface area (Å²) in [5, 5.41) is 3.87. The second kappa shape index (κ2) is 6.98. The fourth-order valence-corrected chi connectivity index (χ4v) is 5.42. The summed E-state index contributed by atoms with van der Waals surface area (Å²) in [6.07, 6.45) is 0. The molecule has 0 saturated carbocycles. The van der Waals surface area contributed by atoms with Crippen molar-refractivity contribution < 1.29 is 4.79 Å². The molecular formula is C21H20NOP. The van der Waals surface area contributed by atoms with E-state index in [1.54, 1.807) is 0 Å². The van der Waals surface area contributed by atoms with Gasteiger partial charge in [0, 0.05) is 5.56 Å². The first-order chi connectivity index (χ1) is 11.6. The van der Waals surface area contributed by atoms with E-state index in [0.29, 0.717) is 5.56 Å². The molecule has 2 N–H and O–H groups in total.